The van der Waals surface area contributed by atoms with E-state index in [1.807, 2.05) is 0 Å². The zero-order valence-corrected chi connectivity index (χ0v) is 23.2. The van der Waals surface area contributed by atoms with E-state index in [4.69, 9.17) is 4.74 Å². The molecule has 2 atom stereocenters. The number of carbonyl (C=O) groups is 1. The molecule has 1 heterocycles. The summed E-state index contributed by atoms with van der Waals surface area (Å²) in [6, 6.07) is 17.3. The van der Waals surface area contributed by atoms with Crippen molar-refractivity contribution in [3.8, 4) is 5.75 Å². The Hall–Kier alpha value is -4.65. The zero-order valence-electron chi connectivity index (χ0n) is 22.4. The first-order valence-electron chi connectivity index (χ1n) is 12.6. The fourth-order valence-electron chi connectivity index (χ4n) is 4.61. The lowest BCUT2D eigenvalue weighted by atomic mass is 9.93. The van der Waals surface area contributed by atoms with Crippen LogP contribution in [0, 0.1) is 17.0 Å². The number of aryl methyl sites for hydroxylation is 1. The molecule has 0 saturated heterocycles. The van der Waals surface area contributed by atoms with Crippen LogP contribution < -0.4 is 9.64 Å². The third-order valence-corrected chi connectivity index (χ3v) is 8.40. The number of nitro groups is 1. The number of methoxy groups -OCH3 is 1. The topological polar surface area (TPSA) is 112 Å². The fraction of sp³-hybridized carbons (Fsp3) is 0.207. The van der Waals surface area contributed by atoms with Crippen LogP contribution in [0.2, 0.25) is 0 Å². The molecular formula is C29H26F3N3O6S. The average molecular weight is 602 g/mol. The Morgan fingerprint density at radius 1 is 0.976 bits per heavy atom. The Morgan fingerprint density at radius 3 is 2.14 bits per heavy atom. The van der Waals surface area contributed by atoms with Crippen LogP contribution in [0.5, 0.6) is 5.75 Å². The Bertz CT molecular complexity index is 1660. The Labute approximate surface area is 240 Å². The van der Waals surface area contributed by atoms with E-state index >= 15 is 0 Å². The van der Waals surface area contributed by atoms with Gasteiger partial charge in [0, 0.05) is 22.5 Å². The van der Waals surface area contributed by atoms with Gasteiger partial charge in [-0.05, 0) is 61.0 Å². The number of rotatable bonds is 10. The molecule has 0 radical (unpaired) electrons. The molecule has 0 N–H and O–H groups in total. The molecule has 13 heteroatoms. The summed E-state index contributed by atoms with van der Waals surface area (Å²) in [6.07, 6.45) is -4.80. The molecule has 220 valence electrons. The number of halogens is 3. The van der Waals surface area contributed by atoms with Crippen LogP contribution in [0.3, 0.4) is 0 Å². The number of hydrogen-bond acceptors (Lipinski definition) is 6. The number of carbonyl (C=O) groups excluding carboxylic acids is 1. The standard InChI is InChI=1S/C29H26F3N3O6S/c1-20-10-16-25(17-11-20)42(39,40)33-18-6-9-23(33)19-26(35(37)38)27(21-7-4-3-5-8-21)34(28(36)29(30,31)32)22-12-14-24(41-2)15-13-22/h3-18,26-27H,19H2,1-2H3/t26-,27+/m1/s1. The minimum absolute atomic E-state index is 0.0483. The van der Waals surface area contributed by atoms with Gasteiger partial charge in [0.2, 0.25) is 6.04 Å². The van der Waals surface area contributed by atoms with Crippen molar-refractivity contribution in [2.45, 2.75) is 36.5 Å². The van der Waals surface area contributed by atoms with Gasteiger partial charge in [-0.15, -0.1) is 0 Å². The number of benzene rings is 3. The van der Waals surface area contributed by atoms with Crippen LogP contribution in [0.4, 0.5) is 18.9 Å². The van der Waals surface area contributed by atoms with E-state index in [0.29, 0.717) is 10.6 Å². The average Bonchev–Trinajstić information content (AvgIpc) is 3.44. The lowest BCUT2D eigenvalue weighted by Crippen LogP contribution is -2.49. The van der Waals surface area contributed by atoms with Gasteiger partial charge in [-0.1, -0.05) is 48.0 Å². The Balaban J connectivity index is 1.87. The molecule has 3 aromatic carbocycles. The predicted molar refractivity (Wildman–Crippen MR) is 148 cm³/mol. The second-order valence-corrected chi connectivity index (χ2v) is 11.2. The van der Waals surface area contributed by atoms with Crippen molar-refractivity contribution in [2.24, 2.45) is 0 Å². The van der Waals surface area contributed by atoms with E-state index in [1.54, 1.807) is 25.1 Å². The number of alkyl halides is 3. The maximum atomic E-state index is 14.0. The maximum Gasteiger partial charge on any atom is 0.471 e. The highest BCUT2D eigenvalue weighted by molar-refractivity contribution is 7.90. The number of amides is 1. The van der Waals surface area contributed by atoms with Gasteiger partial charge in [-0.25, -0.2) is 12.4 Å². The molecule has 42 heavy (non-hydrogen) atoms. The number of aromatic nitrogens is 1. The van der Waals surface area contributed by atoms with Crippen LogP contribution in [-0.4, -0.2) is 42.5 Å². The number of nitrogens with zero attached hydrogens (tertiary/aromatic N) is 3. The van der Waals surface area contributed by atoms with Crippen molar-refractivity contribution < 1.29 is 36.0 Å². The molecule has 4 aromatic rings. The largest absolute Gasteiger partial charge is 0.497 e. The monoisotopic (exact) mass is 601 g/mol. The summed E-state index contributed by atoms with van der Waals surface area (Å²) >= 11 is 0. The van der Waals surface area contributed by atoms with Crippen LogP contribution >= 0.6 is 0 Å². The highest BCUT2D eigenvalue weighted by Gasteiger charge is 2.50. The van der Waals surface area contributed by atoms with E-state index in [0.717, 1.165) is 9.54 Å². The van der Waals surface area contributed by atoms with Gasteiger partial charge in [0.15, 0.2) is 0 Å². The highest BCUT2D eigenvalue weighted by atomic mass is 32.2. The molecule has 0 aliphatic heterocycles. The lowest BCUT2D eigenvalue weighted by molar-refractivity contribution is -0.526. The molecule has 0 bridgehead atoms. The summed E-state index contributed by atoms with van der Waals surface area (Å²) in [5.41, 5.74) is 0.551. The number of ether oxygens (including phenoxy) is 1. The van der Waals surface area contributed by atoms with Gasteiger partial charge in [-0.2, -0.15) is 13.2 Å². The third-order valence-electron chi connectivity index (χ3n) is 6.66. The van der Waals surface area contributed by atoms with E-state index in [1.165, 1.54) is 86.1 Å². The molecule has 1 aromatic heterocycles. The molecule has 0 unspecified atom stereocenters. The van der Waals surface area contributed by atoms with Gasteiger partial charge in [-0.3, -0.25) is 19.8 Å². The molecule has 4 rings (SSSR count). The summed E-state index contributed by atoms with van der Waals surface area (Å²) < 4.78 is 74.9. The van der Waals surface area contributed by atoms with Gasteiger partial charge in [0.05, 0.1) is 18.4 Å². The van der Waals surface area contributed by atoms with Crippen molar-refractivity contribution >= 4 is 21.6 Å². The third kappa shape index (κ3) is 6.30. The van der Waals surface area contributed by atoms with Crippen LogP contribution in [-0.2, 0) is 21.2 Å². The molecule has 0 spiro atoms. The summed E-state index contributed by atoms with van der Waals surface area (Å²) in [5, 5.41) is 12.6. The van der Waals surface area contributed by atoms with Crippen molar-refractivity contribution in [3.63, 3.8) is 0 Å². The Kier molecular flexibility index (Phi) is 8.71. The first-order chi connectivity index (χ1) is 19.8. The number of hydrogen-bond donors (Lipinski definition) is 0. The smallest absolute Gasteiger partial charge is 0.471 e. The maximum absolute atomic E-state index is 14.0. The lowest BCUT2D eigenvalue weighted by Gasteiger charge is -2.34. The summed E-state index contributed by atoms with van der Waals surface area (Å²) in [6.45, 7) is 1.78. The van der Waals surface area contributed by atoms with Crippen molar-refractivity contribution in [3.05, 3.63) is 124 Å². The highest BCUT2D eigenvalue weighted by Crippen LogP contribution is 2.37. The predicted octanol–water partition coefficient (Wildman–Crippen LogP) is 5.57. The van der Waals surface area contributed by atoms with E-state index < -0.39 is 45.5 Å². The van der Waals surface area contributed by atoms with Gasteiger partial charge in [0.1, 0.15) is 11.8 Å². The van der Waals surface area contributed by atoms with Crippen LogP contribution in [0.25, 0.3) is 0 Å². The molecule has 0 saturated carbocycles. The van der Waals surface area contributed by atoms with Gasteiger partial charge < -0.3 is 4.74 Å². The zero-order chi connectivity index (χ0) is 30.7. The second kappa shape index (κ2) is 12.1. The summed E-state index contributed by atoms with van der Waals surface area (Å²) in [5.74, 6) is -2.03. The molecule has 0 fully saturated rings. The SMILES string of the molecule is COc1ccc(N(C(=O)C(F)(F)F)[C@@H](c2ccccc2)[C@@H](Cc2cccn2S(=O)(=O)c2ccc(C)cc2)[N+](=O)[O-])cc1. The van der Waals surface area contributed by atoms with Crippen molar-refractivity contribution in [1.29, 1.82) is 0 Å². The second-order valence-electron chi connectivity index (χ2n) is 9.40. The molecule has 0 aliphatic carbocycles. The quantitative estimate of drug-likeness (QED) is 0.174. The first kappa shape index (κ1) is 30.3. The van der Waals surface area contributed by atoms with E-state index in [-0.39, 0.29) is 21.8 Å². The Morgan fingerprint density at radius 2 is 1.60 bits per heavy atom. The minimum atomic E-state index is -5.39. The minimum Gasteiger partial charge on any atom is -0.497 e. The number of anilines is 1. The summed E-state index contributed by atoms with van der Waals surface area (Å²) in [7, 11) is -2.85. The first-order valence-corrected chi connectivity index (χ1v) is 14.0. The van der Waals surface area contributed by atoms with Crippen LogP contribution in [0.1, 0.15) is 22.9 Å². The summed E-state index contributed by atoms with van der Waals surface area (Å²) in [4.78, 5) is 25.0. The van der Waals surface area contributed by atoms with E-state index in [9.17, 15) is 36.5 Å². The fourth-order valence-corrected chi connectivity index (χ4v) is 5.99. The molecule has 1 amide bonds. The van der Waals surface area contributed by atoms with Crippen molar-refractivity contribution in [2.75, 3.05) is 12.0 Å². The van der Waals surface area contributed by atoms with E-state index in [2.05, 4.69) is 0 Å². The molecule has 0 aliphatic rings. The van der Waals surface area contributed by atoms with Gasteiger partial charge in [0.25, 0.3) is 10.0 Å². The molecular weight excluding hydrogens is 575 g/mol. The van der Waals surface area contributed by atoms with Crippen molar-refractivity contribution in [1.82, 2.24) is 3.97 Å². The normalized spacial score (nSPS) is 13.3. The van der Waals surface area contributed by atoms with Gasteiger partial charge >= 0.3 is 12.1 Å². The molecule has 9 nitrogen and oxygen atoms in total. The van der Waals surface area contributed by atoms with Crippen LogP contribution in [0.15, 0.2) is 102 Å².